The molecule has 0 spiro atoms. The summed E-state index contributed by atoms with van der Waals surface area (Å²) in [7, 11) is 0. The number of aromatic nitrogens is 1. The highest BCUT2D eigenvalue weighted by atomic mass is 16.6. The fourth-order valence-corrected chi connectivity index (χ4v) is 1.43. The van der Waals surface area contributed by atoms with Gasteiger partial charge in [0.15, 0.2) is 5.69 Å². The highest BCUT2D eigenvalue weighted by Gasteiger charge is 2.17. The van der Waals surface area contributed by atoms with E-state index in [0.717, 1.165) is 0 Å². The predicted octanol–water partition coefficient (Wildman–Crippen LogP) is 2.36. The van der Waals surface area contributed by atoms with Gasteiger partial charge in [-0.1, -0.05) is 12.1 Å². The number of phenolic OH excluding ortho intramolecular Hbond substituents is 1. The van der Waals surface area contributed by atoms with Crippen LogP contribution in [0.1, 0.15) is 0 Å². The molecule has 0 amide bonds. The van der Waals surface area contributed by atoms with Gasteiger partial charge in [-0.05, 0) is 18.2 Å². The van der Waals surface area contributed by atoms with Crippen molar-refractivity contribution in [2.45, 2.75) is 0 Å². The monoisotopic (exact) mass is 216 g/mol. The molecule has 2 rings (SSSR count). The van der Waals surface area contributed by atoms with E-state index in [1.807, 2.05) is 0 Å². The van der Waals surface area contributed by atoms with Crippen LogP contribution in [0.25, 0.3) is 11.3 Å². The smallest absolute Gasteiger partial charge is 0.295 e. The minimum atomic E-state index is -0.519. The van der Waals surface area contributed by atoms with Crippen LogP contribution in [-0.2, 0) is 0 Å². The molecule has 0 saturated heterocycles. The highest BCUT2D eigenvalue weighted by Crippen LogP contribution is 2.32. The van der Waals surface area contributed by atoms with Crippen molar-refractivity contribution in [3.8, 4) is 17.0 Å². The van der Waals surface area contributed by atoms with Gasteiger partial charge in [0.25, 0.3) is 5.69 Å². The number of phenols is 1. The molecule has 0 aliphatic heterocycles. The Morgan fingerprint density at radius 1 is 1.19 bits per heavy atom. The van der Waals surface area contributed by atoms with Gasteiger partial charge in [0, 0.05) is 17.8 Å². The zero-order valence-corrected chi connectivity index (χ0v) is 8.20. The first kappa shape index (κ1) is 10.1. The van der Waals surface area contributed by atoms with Crippen LogP contribution in [-0.4, -0.2) is 15.0 Å². The Hall–Kier alpha value is -2.43. The quantitative estimate of drug-likeness (QED) is 0.617. The van der Waals surface area contributed by atoms with Crippen LogP contribution in [0.15, 0.2) is 42.6 Å². The largest absolute Gasteiger partial charge is 0.507 e. The van der Waals surface area contributed by atoms with Gasteiger partial charge < -0.3 is 5.11 Å². The molecule has 0 radical (unpaired) electrons. The first-order valence-electron chi connectivity index (χ1n) is 4.58. The normalized spacial score (nSPS) is 10.0. The molecule has 2 aromatic rings. The summed E-state index contributed by atoms with van der Waals surface area (Å²) in [4.78, 5) is 14.2. The second-order valence-corrected chi connectivity index (χ2v) is 3.15. The first-order valence-corrected chi connectivity index (χ1v) is 4.58. The summed E-state index contributed by atoms with van der Waals surface area (Å²) < 4.78 is 0. The van der Waals surface area contributed by atoms with E-state index < -0.39 is 4.92 Å². The van der Waals surface area contributed by atoms with Crippen molar-refractivity contribution in [1.82, 2.24) is 4.98 Å². The van der Waals surface area contributed by atoms with Gasteiger partial charge in [-0.2, -0.15) is 0 Å². The SMILES string of the molecule is O=[N+]([O-])c1cccnc1-c1ccccc1O. The minimum Gasteiger partial charge on any atom is -0.507 e. The number of para-hydroxylation sites is 1. The molecular weight excluding hydrogens is 208 g/mol. The third-order valence-corrected chi connectivity index (χ3v) is 2.14. The van der Waals surface area contributed by atoms with E-state index in [0.29, 0.717) is 5.56 Å². The second kappa shape index (κ2) is 3.98. The zero-order valence-electron chi connectivity index (χ0n) is 8.20. The van der Waals surface area contributed by atoms with E-state index in [4.69, 9.17) is 0 Å². The van der Waals surface area contributed by atoms with Crippen LogP contribution >= 0.6 is 0 Å². The number of nitrogens with zero attached hydrogens (tertiary/aromatic N) is 2. The Kier molecular flexibility index (Phi) is 2.51. The average Bonchev–Trinajstić information content (AvgIpc) is 2.29. The molecule has 0 saturated carbocycles. The van der Waals surface area contributed by atoms with Gasteiger partial charge in [-0.25, -0.2) is 4.98 Å². The molecule has 0 unspecified atom stereocenters. The van der Waals surface area contributed by atoms with Crippen molar-refractivity contribution in [2.24, 2.45) is 0 Å². The Morgan fingerprint density at radius 3 is 2.62 bits per heavy atom. The van der Waals surface area contributed by atoms with Crippen molar-refractivity contribution in [1.29, 1.82) is 0 Å². The Labute approximate surface area is 91.2 Å². The van der Waals surface area contributed by atoms with E-state index in [1.165, 1.54) is 24.4 Å². The highest BCUT2D eigenvalue weighted by molar-refractivity contribution is 5.74. The molecule has 0 bridgehead atoms. The number of pyridine rings is 1. The summed E-state index contributed by atoms with van der Waals surface area (Å²) >= 11 is 0. The number of hydrogen-bond donors (Lipinski definition) is 1. The Morgan fingerprint density at radius 2 is 1.94 bits per heavy atom. The van der Waals surface area contributed by atoms with Gasteiger partial charge in [0.1, 0.15) is 5.75 Å². The first-order chi connectivity index (χ1) is 7.70. The lowest BCUT2D eigenvalue weighted by Crippen LogP contribution is -1.94. The molecule has 1 aromatic heterocycles. The maximum absolute atomic E-state index is 10.8. The standard InChI is InChI=1S/C11H8N2O3/c14-10-6-2-1-4-8(10)11-9(13(15)16)5-3-7-12-11/h1-7,14H. The molecule has 16 heavy (non-hydrogen) atoms. The zero-order chi connectivity index (χ0) is 11.5. The molecule has 5 heteroatoms. The lowest BCUT2D eigenvalue weighted by Gasteiger charge is -2.03. The summed E-state index contributed by atoms with van der Waals surface area (Å²) in [6.45, 7) is 0. The molecule has 0 aliphatic carbocycles. The number of hydrogen-bond acceptors (Lipinski definition) is 4. The maximum Gasteiger partial charge on any atom is 0.295 e. The average molecular weight is 216 g/mol. The Balaban J connectivity index is 2.65. The van der Waals surface area contributed by atoms with Crippen LogP contribution in [0.3, 0.4) is 0 Å². The van der Waals surface area contributed by atoms with Gasteiger partial charge in [-0.15, -0.1) is 0 Å². The van der Waals surface area contributed by atoms with Crippen molar-refractivity contribution in [3.05, 3.63) is 52.7 Å². The third-order valence-electron chi connectivity index (χ3n) is 2.14. The van der Waals surface area contributed by atoms with Crippen LogP contribution < -0.4 is 0 Å². The number of nitro groups is 1. The third kappa shape index (κ3) is 1.70. The number of rotatable bonds is 2. The Bertz CT molecular complexity index is 540. The van der Waals surface area contributed by atoms with Gasteiger partial charge in [0.2, 0.25) is 0 Å². The molecule has 5 nitrogen and oxygen atoms in total. The lowest BCUT2D eigenvalue weighted by atomic mass is 10.1. The molecule has 1 heterocycles. The van der Waals surface area contributed by atoms with E-state index >= 15 is 0 Å². The summed E-state index contributed by atoms with van der Waals surface area (Å²) in [5.41, 5.74) is 0.407. The fourth-order valence-electron chi connectivity index (χ4n) is 1.43. The van der Waals surface area contributed by atoms with E-state index in [1.54, 1.807) is 18.2 Å². The van der Waals surface area contributed by atoms with Crippen molar-refractivity contribution < 1.29 is 10.0 Å². The van der Waals surface area contributed by atoms with Crippen LogP contribution in [0.4, 0.5) is 5.69 Å². The molecule has 0 atom stereocenters. The van der Waals surface area contributed by atoms with E-state index in [9.17, 15) is 15.2 Å². The topological polar surface area (TPSA) is 76.3 Å². The van der Waals surface area contributed by atoms with Crippen LogP contribution in [0.5, 0.6) is 5.75 Å². The molecular formula is C11H8N2O3. The second-order valence-electron chi connectivity index (χ2n) is 3.15. The molecule has 1 N–H and O–H groups in total. The lowest BCUT2D eigenvalue weighted by molar-refractivity contribution is -0.384. The molecule has 0 fully saturated rings. The maximum atomic E-state index is 10.8. The molecule has 1 aromatic carbocycles. The van der Waals surface area contributed by atoms with Crippen molar-refractivity contribution >= 4 is 5.69 Å². The number of benzene rings is 1. The molecule has 0 aliphatic rings. The summed E-state index contributed by atoms with van der Waals surface area (Å²) in [5.74, 6) is -0.0238. The fraction of sp³-hybridized carbons (Fsp3) is 0. The number of aromatic hydroxyl groups is 1. The van der Waals surface area contributed by atoms with Crippen molar-refractivity contribution in [2.75, 3.05) is 0 Å². The molecule has 80 valence electrons. The van der Waals surface area contributed by atoms with Gasteiger partial charge in [0.05, 0.1) is 4.92 Å². The van der Waals surface area contributed by atoms with Gasteiger partial charge in [-0.3, -0.25) is 10.1 Å². The van der Waals surface area contributed by atoms with Gasteiger partial charge >= 0.3 is 0 Å². The summed E-state index contributed by atoms with van der Waals surface area (Å²) in [6, 6.07) is 9.23. The van der Waals surface area contributed by atoms with Crippen LogP contribution in [0, 0.1) is 10.1 Å². The van der Waals surface area contributed by atoms with E-state index in [-0.39, 0.29) is 17.1 Å². The summed E-state index contributed by atoms with van der Waals surface area (Å²) in [6.07, 6.45) is 1.45. The minimum absolute atomic E-state index is 0.0238. The van der Waals surface area contributed by atoms with Crippen molar-refractivity contribution in [3.63, 3.8) is 0 Å². The van der Waals surface area contributed by atoms with Crippen LogP contribution in [0.2, 0.25) is 0 Å². The van der Waals surface area contributed by atoms with E-state index in [2.05, 4.69) is 4.98 Å². The summed E-state index contributed by atoms with van der Waals surface area (Å²) in [5, 5.41) is 20.4. The predicted molar refractivity (Wildman–Crippen MR) is 58.0 cm³/mol.